The number of nitrogens with zero attached hydrogens (tertiary/aromatic N) is 4. The van der Waals surface area contributed by atoms with Crippen molar-refractivity contribution < 1.29 is 4.74 Å². The van der Waals surface area contributed by atoms with Gasteiger partial charge in [-0.2, -0.15) is 4.68 Å². The topological polar surface area (TPSA) is 64.9 Å². The highest BCUT2D eigenvalue weighted by molar-refractivity contribution is 7.99. The Morgan fingerprint density at radius 3 is 2.61 bits per heavy atom. The number of ether oxygens (including phenoxy) is 1. The Balaban J connectivity index is 1.21. The molecular weight excluding hydrogens is 406 g/mol. The molecule has 1 aromatic heterocycles. The van der Waals surface area contributed by atoms with Crippen LogP contribution in [0.3, 0.4) is 0 Å². The van der Waals surface area contributed by atoms with Crippen LogP contribution in [0.2, 0.25) is 0 Å². The predicted molar refractivity (Wildman–Crippen MR) is 124 cm³/mol. The Hall–Kier alpha value is -3.16. The van der Waals surface area contributed by atoms with Gasteiger partial charge in [-0.15, -0.1) is 5.10 Å². The van der Waals surface area contributed by atoms with E-state index < -0.39 is 0 Å². The van der Waals surface area contributed by atoms with Crippen LogP contribution in [0, 0.1) is 6.92 Å². The van der Waals surface area contributed by atoms with E-state index >= 15 is 0 Å². The number of para-hydroxylation sites is 1. The first-order valence-electron chi connectivity index (χ1n) is 10.2. The van der Waals surface area contributed by atoms with Gasteiger partial charge in [0.05, 0.1) is 5.69 Å². The second-order valence-corrected chi connectivity index (χ2v) is 8.22. The minimum Gasteiger partial charge on any atom is -0.489 e. The molecular formula is C24H25N5OS. The van der Waals surface area contributed by atoms with Gasteiger partial charge in [-0.1, -0.05) is 71.9 Å². The minimum atomic E-state index is 0.573. The van der Waals surface area contributed by atoms with Crippen LogP contribution in [0.4, 0.5) is 0 Å². The SMILES string of the molecule is Cc1ccc(COc2cccc(CNCCSc3nnnn3-c3ccccc3)c2)cc1. The number of thioether (sulfide) groups is 1. The van der Waals surface area contributed by atoms with E-state index in [1.807, 2.05) is 42.5 Å². The van der Waals surface area contributed by atoms with Crippen LogP contribution in [0.1, 0.15) is 16.7 Å². The monoisotopic (exact) mass is 431 g/mol. The van der Waals surface area contributed by atoms with Crippen LogP contribution in [-0.2, 0) is 13.2 Å². The first-order valence-corrected chi connectivity index (χ1v) is 11.2. The van der Waals surface area contributed by atoms with Crippen LogP contribution in [-0.4, -0.2) is 32.5 Å². The van der Waals surface area contributed by atoms with Crippen molar-refractivity contribution in [3.05, 3.63) is 95.6 Å². The van der Waals surface area contributed by atoms with Crippen molar-refractivity contribution in [1.82, 2.24) is 25.5 Å². The minimum absolute atomic E-state index is 0.573. The molecule has 0 saturated heterocycles. The van der Waals surface area contributed by atoms with Crippen molar-refractivity contribution in [1.29, 1.82) is 0 Å². The van der Waals surface area contributed by atoms with E-state index in [2.05, 4.69) is 64.2 Å². The summed E-state index contributed by atoms with van der Waals surface area (Å²) in [5.74, 6) is 1.76. The molecule has 0 saturated carbocycles. The Morgan fingerprint density at radius 1 is 0.935 bits per heavy atom. The molecule has 0 aliphatic rings. The zero-order chi connectivity index (χ0) is 21.3. The third-order valence-corrected chi connectivity index (χ3v) is 5.63. The molecule has 0 amide bonds. The van der Waals surface area contributed by atoms with E-state index in [4.69, 9.17) is 4.74 Å². The fraction of sp³-hybridized carbons (Fsp3) is 0.208. The van der Waals surface area contributed by atoms with Crippen molar-refractivity contribution in [3.63, 3.8) is 0 Å². The van der Waals surface area contributed by atoms with Gasteiger partial charge in [-0.05, 0) is 52.7 Å². The molecule has 0 aliphatic heterocycles. The zero-order valence-electron chi connectivity index (χ0n) is 17.4. The number of nitrogens with one attached hydrogen (secondary N) is 1. The van der Waals surface area contributed by atoms with E-state index in [1.165, 1.54) is 16.7 Å². The summed E-state index contributed by atoms with van der Waals surface area (Å²) in [7, 11) is 0. The largest absolute Gasteiger partial charge is 0.489 e. The fourth-order valence-electron chi connectivity index (χ4n) is 3.04. The summed E-state index contributed by atoms with van der Waals surface area (Å²) in [5, 5.41) is 16.3. The molecule has 0 fully saturated rings. The molecule has 158 valence electrons. The van der Waals surface area contributed by atoms with E-state index in [0.29, 0.717) is 6.61 Å². The molecule has 4 rings (SSSR count). The van der Waals surface area contributed by atoms with Gasteiger partial charge in [-0.3, -0.25) is 0 Å². The summed E-state index contributed by atoms with van der Waals surface area (Å²) in [4.78, 5) is 0. The van der Waals surface area contributed by atoms with Gasteiger partial charge in [0.2, 0.25) is 5.16 Å². The summed E-state index contributed by atoms with van der Waals surface area (Å²) in [6.07, 6.45) is 0. The van der Waals surface area contributed by atoms with Crippen LogP contribution in [0.25, 0.3) is 5.69 Å². The van der Waals surface area contributed by atoms with E-state index in [0.717, 1.165) is 35.4 Å². The number of hydrogen-bond donors (Lipinski definition) is 1. The maximum atomic E-state index is 5.95. The first kappa shape index (κ1) is 21.1. The van der Waals surface area contributed by atoms with Crippen molar-refractivity contribution in [2.45, 2.75) is 25.2 Å². The maximum absolute atomic E-state index is 5.95. The lowest BCUT2D eigenvalue weighted by molar-refractivity contribution is 0.306. The van der Waals surface area contributed by atoms with E-state index in [9.17, 15) is 0 Å². The molecule has 0 spiro atoms. The van der Waals surface area contributed by atoms with E-state index in [-0.39, 0.29) is 0 Å². The van der Waals surface area contributed by atoms with Crippen LogP contribution >= 0.6 is 11.8 Å². The molecule has 3 aromatic carbocycles. The number of benzene rings is 3. The van der Waals surface area contributed by atoms with Gasteiger partial charge in [-0.25, -0.2) is 0 Å². The number of aromatic nitrogens is 4. The van der Waals surface area contributed by atoms with Gasteiger partial charge in [0.15, 0.2) is 0 Å². The average molecular weight is 432 g/mol. The molecule has 0 aliphatic carbocycles. The number of hydrogen-bond acceptors (Lipinski definition) is 6. The lowest BCUT2D eigenvalue weighted by Gasteiger charge is -2.09. The van der Waals surface area contributed by atoms with Crippen LogP contribution in [0.5, 0.6) is 5.75 Å². The second kappa shape index (κ2) is 10.7. The molecule has 0 radical (unpaired) electrons. The summed E-state index contributed by atoms with van der Waals surface area (Å²) in [6, 6.07) is 26.6. The van der Waals surface area contributed by atoms with Gasteiger partial charge >= 0.3 is 0 Å². The highest BCUT2D eigenvalue weighted by Gasteiger charge is 2.08. The summed E-state index contributed by atoms with van der Waals surface area (Å²) < 4.78 is 7.71. The lowest BCUT2D eigenvalue weighted by atomic mass is 10.2. The Labute approximate surface area is 186 Å². The molecule has 0 unspecified atom stereocenters. The number of aryl methyl sites for hydroxylation is 1. The molecule has 6 nitrogen and oxygen atoms in total. The number of rotatable bonds is 10. The van der Waals surface area contributed by atoms with Crippen LogP contribution < -0.4 is 10.1 Å². The Kier molecular flexibility index (Phi) is 7.31. The molecule has 0 bridgehead atoms. The third kappa shape index (κ3) is 6.16. The summed E-state index contributed by atoms with van der Waals surface area (Å²) in [5.41, 5.74) is 4.58. The van der Waals surface area contributed by atoms with Crippen molar-refractivity contribution in [2.75, 3.05) is 12.3 Å². The molecule has 4 aromatic rings. The van der Waals surface area contributed by atoms with E-state index in [1.54, 1.807) is 16.4 Å². The van der Waals surface area contributed by atoms with Gasteiger partial charge in [0.1, 0.15) is 12.4 Å². The standard InChI is InChI=1S/C24H25N5OS/c1-19-10-12-20(13-11-19)18-30-23-9-5-6-21(16-23)17-25-14-15-31-24-26-27-28-29(24)22-7-3-2-4-8-22/h2-13,16,25H,14-15,17-18H2,1H3. The number of tetrazole rings is 1. The normalized spacial score (nSPS) is 10.9. The molecule has 1 N–H and O–H groups in total. The van der Waals surface area contributed by atoms with Crippen LogP contribution in [0.15, 0.2) is 84.0 Å². The molecule has 7 heteroatoms. The third-order valence-electron chi connectivity index (χ3n) is 4.71. The lowest BCUT2D eigenvalue weighted by Crippen LogP contribution is -2.16. The molecule has 1 heterocycles. The highest BCUT2D eigenvalue weighted by Crippen LogP contribution is 2.18. The highest BCUT2D eigenvalue weighted by atomic mass is 32.2. The van der Waals surface area contributed by atoms with Gasteiger partial charge in [0, 0.05) is 18.8 Å². The first-order chi connectivity index (χ1) is 15.3. The van der Waals surface area contributed by atoms with Gasteiger partial charge in [0.25, 0.3) is 0 Å². The fourth-order valence-corrected chi connectivity index (χ4v) is 3.83. The predicted octanol–water partition coefficient (Wildman–Crippen LogP) is 4.43. The zero-order valence-corrected chi connectivity index (χ0v) is 18.3. The van der Waals surface area contributed by atoms with Gasteiger partial charge < -0.3 is 10.1 Å². The smallest absolute Gasteiger partial charge is 0.214 e. The Morgan fingerprint density at radius 2 is 1.77 bits per heavy atom. The van der Waals surface area contributed by atoms with Crippen molar-refractivity contribution in [3.8, 4) is 11.4 Å². The van der Waals surface area contributed by atoms with Crippen molar-refractivity contribution >= 4 is 11.8 Å². The summed E-state index contributed by atoms with van der Waals surface area (Å²) >= 11 is 1.63. The average Bonchev–Trinajstić information content (AvgIpc) is 3.28. The Bertz CT molecular complexity index is 1080. The molecule has 0 atom stereocenters. The van der Waals surface area contributed by atoms with Crippen molar-refractivity contribution in [2.24, 2.45) is 0 Å². The second-order valence-electron chi connectivity index (χ2n) is 7.16. The quantitative estimate of drug-likeness (QED) is 0.296. The summed E-state index contributed by atoms with van der Waals surface area (Å²) in [6.45, 7) is 4.29. The maximum Gasteiger partial charge on any atom is 0.214 e. The molecule has 31 heavy (non-hydrogen) atoms.